The summed E-state index contributed by atoms with van der Waals surface area (Å²) >= 11 is 0. The molecular formula is C30H29FN10O3. The fraction of sp³-hybridized carbons (Fsp3) is 0.267. The number of fused-ring (bicyclic) bond motifs is 6. The van der Waals surface area contributed by atoms with Crippen LogP contribution in [-0.4, -0.2) is 98.2 Å². The molecule has 1 N–H and O–H groups in total. The first-order valence-electron chi connectivity index (χ1n) is 14.1. The number of hydrogen-bond donors (Lipinski definition) is 1. The van der Waals surface area contributed by atoms with Crippen LogP contribution in [0.15, 0.2) is 67.4 Å². The van der Waals surface area contributed by atoms with Crippen molar-refractivity contribution in [2.24, 2.45) is 0 Å². The van der Waals surface area contributed by atoms with Crippen molar-refractivity contribution in [2.75, 3.05) is 57.1 Å². The van der Waals surface area contributed by atoms with Gasteiger partial charge in [-0.3, -0.25) is 4.79 Å². The number of nitrogens with one attached hydrogen (secondary N) is 1. The van der Waals surface area contributed by atoms with E-state index in [1.165, 1.54) is 18.7 Å². The van der Waals surface area contributed by atoms with Crippen molar-refractivity contribution in [1.82, 2.24) is 39.3 Å². The summed E-state index contributed by atoms with van der Waals surface area (Å²) in [4.78, 5) is 36.7. The van der Waals surface area contributed by atoms with E-state index in [2.05, 4.69) is 30.3 Å². The van der Waals surface area contributed by atoms with Crippen LogP contribution in [0.2, 0.25) is 0 Å². The van der Waals surface area contributed by atoms with Crippen LogP contribution in [0.5, 0.6) is 17.2 Å². The van der Waals surface area contributed by atoms with Crippen LogP contribution in [0.3, 0.4) is 0 Å². The molecule has 14 heteroatoms. The summed E-state index contributed by atoms with van der Waals surface area (Å²) in [5.74, 6) is 1.59. The number of amides is 1. The Bertz CT molecular complexity index is 1890. The molecule has 0 saturated carbocycles. The molecule has 1 aromatic carbocycles. The van der Waals surface area contributed by atoms with Gasteiger partial charge in [0.25, 0.3) is 0 Å². The zero-order chi connectivity index (χ0) is 30.2. The number of aromatic nitrogens is 6. The lowest BCUT2D eigenvalue weighted by atomic mass is 10.1. The topological polar surface area (TPSA) is 126 Å². The number of piperazine rings is 1. The van der Waals surface area contributed by atoms with Gasteiger partial charge in [-0.2, -0.15) is 5.10 Å². The first-order valence-corrected chi connectivity index (χ1v) is 14.1. The molecule has 6 heterocycles. The highest BCUT2D eigenvalue weighted by Gasteiger charge is 2.35. The quantitative estimate of drug-likeness (QED) is 0.278. The van der Waals surface area contributed by atoms with Gasteiger partial charge in [0.15, 0.2) is 34.6 Å². The first kappa shape index (κ1) is 27.5. The molecule has 1 saturated heterocycles. The summed E-state index contributed by atoms with van der Waals surface area (Å²) in [5.41, 5.74) is 2.14. The second kappa shape index (κ2) is 11.4. The van der Waals surface area contributed by atoms with Gasteiger partial charge >= 0.3 is 0 Å². The van der Waals surface area contributed by atoms with Gasteiger partial charge in [0.05, 0.1) is 11.6 Å². The van der Waals surface area contributed by atoms with Gasteiger partial charge in [-0.25, -0.2) is 28.8 Å². The molecule has 4 aromatic heterocycles. The number of benzene rings is 1. The van der Waals surface area contributed by atoms with Gasteiger partial charge in [-0.1, -0.05) is 6.08 Å². The summed E-state index contributed by atoms with van der Waals surface area (Å²) in [6.45, 7) is 2.78. The second-order valence-corrected chi connectivity index (χ2v) is 10.8. The fourth-order valence-electron chi connectivity index (χ4n) is 5.29. The van der Waals surface area contributed by atoms with Crippen LogP contribution in [0, 0.1) is 5.82 Å². The molecule has 1 atom stereocenters. The average molecular weight is 597 g/mol. The third-order valence-electron chi connectivity index (χ3n) is 7.46. The molecule has 1 fully saturated rings. The highest BCUT2D eigenvalue weighted by Crippen LogP contribution is 2.36. The van der Waals surface area contributed by atoms with Crippen LogP contribution in [0.1, 0.15) is 0 Å². The summed E-state index contributed by atoms with van der Waals surface area (Å²) in [5, 5.41) is 7.22. The third kappa shape index (κ3) is 5.42. The Hall–Kier alpha value is -5.37. The lowest BCUT2D eigenvalue weighted by Gasteiger charge is -2.39. The highest BCUT2D eigenvalue weighted by molar-refractivity contribution is 5.90. The number of pyridine rings is 2. The molecule has 1 amide bonds. The summed E-state index contributed by atoms with van der Waals surface area (Å²) in [6.07, 6.45) is 8.04. The fourth-order valence-corrected chi connectivity index (χ4v) is 5.29. The van der Waals surface area contributed by atoms with E-state index in [1.807, 2.05) is 36.0 Å². The minimum absolute atomic E-state index is 0.0263. The van der Waals surface area contributed by atoms with Crippen molar-refractivity contribution in [2.45, 2.75) is 6.04 Å². The first-order chi connectivity index (χ1) is 21.4. The Morgan fingerprint density at radius 2 is 2.07 bits per heavy atom. The highest BCUT2D eigenvalue weighted by atomic mass is 19.1. The van der Waals surface area contributed by atoms with Crippen molar-refractivity contribution in [1.29, 1.82) is 0 Å². The minimum atomic E-state index is -0.556. The number of likely N-dealkylation sites (N-methyl/N-ethyl adjacent to an activating group) is 1. The van der Waals surface area contributed by atoms with Crippen LogP contribution in [-0.2, 0) is 4.79 Å². The van der Waals surface area contributed by atoms with Crippen LogP contribution >= 0.6 is 0 Å². The summed E-state index contributed by atoms with van der Waals surface area (Å²) < 4.78 is 28.6. The van der Waals surface area contributed by atoms with E-state index in [9.17, 15) is 4.79 Å². The molecule has 2 aliphatic heterocycles. The number of carbonyl (C=O) groups is 1. The van der Waals surface area contributed by atoms with E-state index in [-0.39, 0.29) is 17.7 Å². The molecule has 224 valence electrons. The van der Waals surface area contributed by atoms with Crippen molar-refractivity contribution in [3.63, 3.8) is 0 Å². The Kier molecular flexibility index (Phi) is 7.10. The van der Waals surface area contributed by atoms with E-state index in [4.69, 9.17) is 14.5 Å². The second-order valence-electron chi connectivity index (χ2n) is 10.8. The van der Waals surface area contributed by atoms with Gasteiger partial charge in [0.1, 0.15) is 30.5 Å². The molecule has 7 rings (SSSR count). The van der Waals surface area contributed by atoms with Gasteiger partial charge in [0, 0.05) is 62.3 Å². The van der Waals surface area contributed by atoms with E-state index in [0.717, 1.165) is 0 Å². The van der Waals surface area contributed by atoms with Gasteiger partial charge in [0.2, 0.25) is 5.91 Å². The number of hydrogen-bond acceptors (Lipinski definition) is 11. The lowest BCUT2D eigenvalue weighted by Crippen LogP contribution is -2.56. The van der Waals surface area contributed by atoms with E-state index >= 15 is 4.39 Å². The molecule has 2 aliphatic rings. The van der Waals surface area contributed by atoms with E-state index in [0.29, 0.717) is 78.3 Å². The largest absolute Gasteiger partial charge is 0.487 e. The van der Waals surface area contributed by atoms with Crippen LogP contribution in [0.4, 0.5) is 21.7 Å². The van der Waals surface area contributed by atoms with Gasteiger partial charge < -0.3 is 29.5 Å². The number of halogens is 1. The summed E-state index contributed by atoms with van der Waals surface area (Å²) in [7, 11) is 3.92. The number of anilines is 3. The monoisotopic (exact) mass is 596 g/mol. The molecule has 0 aliphatic carbocycles. The predicted molar refractivity (Wildman–Crippen MR) is 161 cm³/mol. The van der Waals surface area contributed by atoms with Crippen molar-refractivity contribution < 1.29 is 18.7 Å². The van der Waals surface area contributed by atoms with Crippen LogP contribution in [0.25, 0.3) is 16.7 Å². The molecule has 5 aromatic rings. The molecule has 0 spiro atoms. The lowest BCUT2D eigenvalue weighted by molar-refractivity contribution is -0.129. The third-order valence-corrected chi connectivity index (χ3v) is 7.46. The molecule has 13 nitrogen and oxygen atoms in total. The minimum Gasteiger partial charge on any atom is -0.487 e. The number of rotatable bonds is 7. The number of ether oxygens (including phenoxy) is 2. The van der Waals surface area contributed by atoms with E-state index < -0.39 is 5.82 Å². The maximum absolute atomic E-state index is 15.1. The SMILES string of the molecule is CN(C)C/C=C/C(=O)N1CCN2C[C@H]1COc1cc3ncnc(Nc4ccc(Oc5ccn6ncnc6c5)c(F)c4)c3nc12. The zero-order valence-corrected chi connectivity index (χ0v) is 24.1. The number of carbonyl (C=O) groups excluding carboxylic acids is 1. The number of nitrogens with zero attached hydrogens (tertiary/aromatic N) is 9. The molecule has 0 radical (unpaired) electrons. The maximum atomic E-state index is 15.1. The van der Waals surface area contributed by atoms with Crippen molar-refractivity contribution >= 4 is 39.9 Å². The predicted octanol–water partition coefficient (Wildman–Crippen LogP) is 3.27. The Labute approximate surface area is 251 Å². The Morgan fingerprint density at radius 1 is 1.16 bits per heavy atom. The molecule has 0 unspecified atom stereocenters. The Morgan fingerprint density at radius 3 is 2.93 bits per heavy atom. The molecule has 2 bridgehead atoms. The summed E-state index contributed by atoms with van der Waals surface area (Å²) in [6, 6.07) is 9.64. The van der Waals surface area contributed by atoms with Crippen LogP contribution < -0.4 is 19.7 Å². The van der Waals surface area contributed by atoms with Crippen molar-refractivity contribution in [3.05, 3.63) is 73.2 Å². The van der Waals surface area contributed by atoms with Crippen molar-refractivity contribution in [3.8, 4) is 17.2 Å². The zero-order valence-electron chi connectivity index (χ0n) is 24.1. The standard InChI is InChI=1S/C30H29FN10O3/c1-38(2)8-3-4-27(42)40-11-10-39-15-20(40)16-43-25-14-23-28(37-30(25)39)29(34-17-32-23)36-19-5-6-24(22(31)12-19)44-21-7-9-41-26(13-21)33-18-35-41/h3-7,9,12-14,17-18,20H,8,10-11,15-16H2,1-2H3,(H,32,34,36)/b4-3+/t20-/m0/s1. The normalized spacial score (nSPS) is 16.3. The molecule has 44 heavy (non-hydrogen) atoms. The Balaban J connectivity index is 1.10. The van der Waals surface area contributed by atoms with E-state index in [1.54, 1.807) is 41.1 Å². The smallest absolute Gasteiger partial charge is 0.246 e. The maximum Gasteiger partial charge on any atom is 0.246 e. The van der Waals surface area contributed by atoms with Gasteiger partial charge in [-0.15, -0.1) is 0 Å². The average Bonchev–Trinajstić information content (AvgIpc) is 3.44. The molecular weight excluding hydrogens is 567 g/mol. The van der Waals surface area contributed by atoms with Gasteiger partial charge in [-0.05, 0) is 32.3 Å².